The van der Waals surface area contributed by atoms with E-state index in [1.165, 1.54) is 0 Å². The van der Waals surface area contributed by atoms with E-state index in [1.807, 2.05) is 0 Å². The van der Waals surface area contributed by atoms with Crippen molar-refractivity contribution in [2.24, 2.45) is 11.7 Å². The normalized spacial score (nSPS) is 13.9. The Labute approximate surface area is 69.0 Å². The Morgan fingerprint density at radius 1 is 1.45 bits per heavy atom. The monoisotopic (exact) mass is 160 g/mol. The summed E-state index contributed by atoms with van der Waals surface area (Å²) in [6, 6.07) is 0.224. The van der Waals surface area contributed by atoms with E-state index in [4.69, 9.17) is 10.8 Å². The van der Waals surface area contributed by atoms with Crippen molar-refractivity contribution in [2.75, 3.05) is 19.7 Å². The third kappa shape index (κ3) is 5.18. The summed E-state index contributed by atoms with van der Waals surface area (Å²) in [7, 11) is 0. The van der Waals surface area contributed by atoms with Gasteiger partial charge in [-0.25, -0.2) is 0 Å². The van der Waals surface area contributed by atoms with Crippen molar-refractivity contribution in [1.29, 1.82) is 0 Å². The molecule has 0 aliphatic carbocycles. The predicted molar refractivity (Wildman–Crippen MR) is 47.4 cm³/mol. The lowest BCUT2D eigenvalue weighted by atomic mass is 10.1. The van der Waals surface area contributed by atoms with E-state index in [-0.39, 0.29) is 12.6 Å². The molecule has 1 unspecified atom stereocenters. The number of nitrogens with two attached hydrogens (primary N) is 1. The molecule has 4 N–H and O–H groups in total. The van der Waals surface area contributed by atoms with E-state index in [0.717, 1.165) is 13.0 Å². The van der Waals surface area contributed by atoms with Crippen LogP contribution >= 0.6 is 0 Å². The Hall–Kier alpha value is -0.120. The van der Waals surface area contributed by atoms with E-state index in [0.29, 0.717) is 12.5 Å². The summed E-state index contributed by atoms with van der Waals surface area (Å²) >= 11 is 0. The lowest BCUT2D eigenvalue weighted by molar-refractivity contribution is 0.211. The maximum absolute atomic E-state index is 8.90. The minimum Gasteiger partial charge on any atom is -0.395 e. The number of rotatable bonds is 6. The van der Waals surface area contributed by atoms with Gasteiger partial charge in [-0.05, 0) is 25.4 Å². The van der Waals surface area contributed by atoms with E-state index < -0.39 is 0 Å². The summed E-state index contributed by atoms with van der Waals surface area (Å²) in [4.78, 5) is 0. The molecule has 11 heavy (non-hydrogen) atoms. The minimum absolute atomic E-state index is 0.211. The highest BCUT2D eigenvalue weighted by atomic mass is 16.3. The Morgan fingerprint density at radius 2 is 2.09 bits per heavy atom. The zero-order chi connectivity index (χ0) is 8.69. The highest BCUT2D eigenvalue weighted by Crippen LogP contribution is 1.99. The van der Waals surface area contributed by atoms with Gasteiger partial charge >= 0.3 is 0 Å². The van der Waals surface area contributed by atoms with Crippen LogP contribution in [0.25, 0.3) is 0 Å². The van der Waals surface area contributed by atoms with Crippen LogP contribution in [0.4, 0.5) is 0 Å². The Bertz CT molecular complexity index is 86.2. The third-order valence-electron chi connectivity index (χ3n) is 1.79. The van der Waals surface area contributed by atoms with Crippen molar-refractivity contribution >= 4 is 0 Å². The van der Waals surface area contributed by atoms with Crippen molar-refractivity contribution in [2.45, 2.75) is 26.3 Å². The molecule has 0 radical (unpaired) electrons. The molecule has 0 saturated carbocycles. The first kappa shape index (κ1) is 10.9. The molecule has 0 aliphatic rings. The highest BCUT2D eigenvalue weighted by Gasteiger charge is 2.09. The van der Waals surface area contributed by atoms with Gasteiger partial charge in [-0.2, -0.15) is 0 Å². The smallest absolute Gasteiger partial charge is 0.0587 e. The predicted octanol–water partition coefficient (Wildman–Crippen LogP) is -0.0583. The van der Waals surface area contributed by atoms with Gasteiger partial charge in [0.05, 0.1) is 6.61 Å². The third-order valence-corrected chi connectivity index (χ3v) is 1.79. The van der Waals surface area contributed by atoms with Gasteiger partial charge in [-0.1, -0.05) is 13.8 Å². The number of nitrogens with one attached hydrogen (secondary N) is 1. The van der Waals surface area contributed by atoms with Crippen LogP contribution in [0.2, 0.25) is 0 Å². The van der Waals surface area contributed by atoms with E-state index in [9.17, 15) is 0 Å². The standard InChI is InChI=1S/C8H20N2O/c1-7(2)8(6-11)10-5-3-4-9/h7-8,10-11H,3-6,9H2,1-2H3. The van der Waals surface area contributed by atoms with Crippen LogP contribution in [-0.2, 0) is 0 Å². The van der Waals surface area contributed by atoms with E-state index in [2.05, 4.69) is 19.2 Å². The fraction of sp³-hybridized carbons (Fsp3) is 1.00. The fourth-order valence-corrected chi connectivity index (χ4v) is 0.901. The van der Waals surface area contributed by atoms with Crippen LogP contribution < -0.4 is 11.1 Å². The van der Waals surface area contributed by atoms with Crippen molar-refractivity contribution in [1.82, 2.24) is 5.32 Å². The number of hydrogen-bond donors (Lipinski definition) is 3. The Kier molecular flexibility index (Phi) is 6.51. The van der Waals surface area contributed by atoms with Gasteiger partial charge in [0, 0.05) is 6.04 Å². The Balaban J connectivity index is 3.36. The second-order valence-electron chi connectivity index (χ2n) is 3.13. The molecule has 0 aromatic rings. The van der Waals surface area contributed by atoms with E-state index in [1.54, 1.807) is 0 Å². The largest absolute Gasteiger partial charge is 0.395 e. The summed E-state index contributed by atoms with van der Waals surface area (Å²) < 4.78 is 0. The minimum atomic E-state index is 0.211. The number of aliphatic hydroxyl groups excluding tert-OH is 1. The van der Waals surface area contributed by atoms with Crippen LogP contribution in [0.5, 0.6) is 0 Å². The first-order valence-electron chi connectivity index (χ1n) is 4.26. The van der Waals surface area contributed by atoms with Crippen molar-refractivity contribution in [3.63, 3.8) is 0 Å². The molecule has 0 bridgehead atoms. The van der Waals surface area contributed by atoms with Gasteiger partial charge in [0.15, 0.2) is 0 Å². The van der Waals surface area contributed by atoms with Crippen molar-refractivity contribution in [3.05, 3.63) is 0 Å². The zero-order valence-corrected chi connectivity index (χ0v) is 7.51. The molecule has 68 valence electrons. The fourth-order valence-electron chi connectivity index (χ4n) is 0.901. The summed E-state index contributed by atoms with van der Waals surface area (Å²) in [6.07, 6.45) is 0.975. The molecular weight excluding hydrogens is 140 g/mol. The van der Waals surface area contributed by atoms with Crippen LogP contribution in [0.15, 0.2) is 0 Å². The highest BCUT2D eigenvalue weighted by molar-refractivity contribution is 4.68. The number of hydrogen-bond acceptors (Lipinski definition) is 3. The summed E-state index contributed by atoms with van der Waals surface area (Å²) in [5.74, 6) is 0.484. The lowest BCUT2D eigenvalue weighted by Crippen LogP contribution is -2.38. The summed E-state index contributed by atoms with van der Waals surface area (Å²) in [6.45, 7) is 6.01. The topological polar surface area (TPSA) is 58.3 Å². The molecule has 1 atom stereocenters. The molecule has 0 fully saturated rings. The molecular formula is C8H20N2O. The van der Waals surface area contributed by atoms with E-state index >= 15 is 0 Å². The molecule has 0 heterocycles. The Morgan fingerprint density at radius 3 is 2.45 bits per heavy atom. The SMILES string of the molecule is CC(C)C(CO)NCCCN. The van der Waals surface area contributed by atoms with Crippen LogP contribution in [0.1, 0.15) is 20.3 Å². The molecule has 0 saturated heterocycles. The molecule has 0 rings (SSSR count). The van der Waals surface area contributed by atoms with Gasteiger partial charge in [0.1, 0.15) is 0 Å². The molecule has 0 aliphatic heterocycles. The van der Waals surface area contributed by atoms with Gasteiger partial charge in [0.25, 0.3) is 0 Å². The van der Waals surface area contributed by atoms with Gasteiger partial charge in [-0.15, -0.1) is 0 Å². The maximum atomic E-state index is 8.90. The summed E-state index contributed by atoms with van der Waals surface area (Å²) in [5.41, 5.74) is 5.33. The maximum Gasteiger partial charge on any atom is 0.0587 e. The average Bonchev–Trinajstić information content (AvgIpc) is 1.97. The van der Waals surface area contributed by atoms with Crippen molar-refractivity contribution < 1.29 is 5.11 Å². The second kappa shape index (κ2) is 6.58. The quantitative estimate of drug-likeness (QED) is 0.477. The lowest BCUT2D eigenvalue weighted by Gasteiger charge is -2.19. The molecule has 0 aromatic carbocycles. The molecule has 3 heteroatoms. The first-order valence-corrected chi connectivity index (χ1v) is 4.26. The van der Waals surface area contributed by atoms with Crippen LogP contribution in [-0.4, -0.2) is 30.8 Å². The van der Waals surface area contributed by atoms with Crippen LogP contribution in [0.3, 0.4) is 0 Å². The second-order valence-corrected chi connectivity index (χ2v) is 3.13. The molecule has 3 nitrogen and oxygen atoms in total. The zero-order valence-electron chi connectivity index (χ0n) is 7.51. The molecule has 0 aromatic heterocycles. The molecule has 0 amide bonds. The summed E-state index contributed by atoms with van der Waals surface area (Å²) in [5, 5.41) is 12.1. The first-order chi connectivity index (χ1) is 5.22. The van der Waals surface area contributed by atoms with Gasteiger partial charge < -0.3 is 16.2 Å². The molecule has 0 spiro atoms. The average molecular weight is 160 g/mol. The van der Waals surface area contributed by atoms with Crippen LogP contribution in [0, 0.1) is 5.92 Å². The van der Waals surface area contributed by atoms with Gasteiger partial charge in [-0.3, -0.25) is 0 Å². The number of aliphatic hydroxyl groups is 1. The van der Waals surface area contributed by atoms with Gasteiger partial charge in [0.2, 0.25) is 0 Å². The van der Waals surface area contributed by atoms with Crippen molar-refractivity contribution in [3.8, 4) is 0 Å².